The Morgan fingerprint density at radius 2 is 1.86 bits per heavy atom. The van der Waals surface area contributed by atoms with Crippen LogP contribution in [0.3, 0.4) is 0 Å². The maximum atomic E-state index is 13.2. The molecule has 0 unspecified atom stereocenters. The van der Waals surface area contributed by atoms with Gasteiger partial charge in [-0.1, -0.05) is 47.5 Å². The Morgan fingerprint density at radius 1 is 1.09 bits per heavy atom. The number of hydrogen-bond acceptors (Lipinski definition) is 1. The Bertz CT molecular complexity index is 754. The minimum Gasteiger partial charge on any atom is -0.378 e. The first-order valence-electron chi connectivity index (χ1n) is 7.31. The van der Waals surface area contributed by atoms with Crippen LogP contribution in [-0.4, -0.2) is 0 Å². The van der Waals surface area contributed by atoms with Crippen molar-refractivity contribution < 1.29 is 4.39 Å². The third kappa shape index (κ3) is 2.22. The lowest BCUT2D eigenvalue weighted by atomic mass is 9.77. The second-order valence-corrected chi connectivity index (χ2v) is 6.72. The molecule has 0 spiro atoms. The van der Waals surface area contributed by atoms with Gasteiger partial charge in [-0.15, -0.1) is 0 Å². The minimum atomic E-state index is -0.216. The smallest absolute Gasteiger partial charge is 0.123 e. The first-order valence-corrected chi connectivity index (χ1v) is 8.06. The standard InChI is InChI=1S/C18H14Cl2FN/c19-11-8-15(20)17-13-2-1-3-14(13)18(22-16(17)9-11)10-4-6-12(21)7-5-10/h1-2,4-9,13-14,18,22H,3H2/t13-,14-,18+/m1/s1. The Labute approximate surface area is 138 Å². The van der Waals surface area contributed by atoms with E-state index in [0.717, 1.165) is 23.2 Å². The molecule has 3 atom stereocenters. The zero-order valence-electron chi connectivity index (χ0n) is 11.7. The lowest BCUT2D eigenvalue weighted by molar-refractivity contribution is 0.425. The second-order valence-electron chi connectivity index (χ2n) is 5.88. The van der Waals surface area contributed by atoms with Gasteiger partial charge in [-0.05, 0) is 42.2 Å². The van der Waals surface area contributed by atoms with Gasteiger partial charge >= 0.3 is 0 Å². The van der Waals surface area contributed by atoms with Gasteiger partial charge in [0.05, 0.1) is 6.04 Å². The zero-order chi connectivity index (χ0) is 15.3. The van der Waals surface area contributed by atoms with Gasteiger partial charge in [0.15, 0.2) is 0 Å². The van der Waals surface area contributed by atoms with Crippen LogP contribution < -0.4 is 5.32 Å². The highest BCUT2D eigenvalue weighted by Gasteiger charge is 2.39. The molecule has 0 bridgehead atoms. The molecule has 4 rings (SSSR count). The van der Waals surface area contributed by atoms with E-state index in [2.05, 4.69) is 17.5 Å². The van der Waals surface area contributed by atoms with Crippen LogP contribution in [0.2, 0.25) is 10.0 Å². The summed E-state index contributed by atoms with van der Waals surface area (Å²) in [5.74, 6) is 0.444. The quantitative estimate of drug-likeness (QED) is 0.635. The lowest BCUT2D eigenvalue weighted by Gasteiger charge is -2.38. The summed E-state index contributed by atoms with van der Waals surface area (Å²) in [4.78, 5) is 0. The summed E-state index contributed by atoms with van der Waals surface area (Å²) in [5.41, 5.74) is 3.17. The third-order valence-electron chi connectivity index (χ3n) is 4.61. The van der Waals surface area contributed by atoms with Crippen molar-refractivity contribution in [3.63, 3.8) is 0 Å². The first-order chi connectivity index (χ1) is 10.6. The molecule has 1 N–H and O–H groups in total. The van der Waals surface area contributed by atoms with E-state index in [4.69, 9.17) is 23.2 Å². The second kappa shape index (κ2) is 5.29. The van der Waals surface area contributed by atoms with Crippen molar-refractivity contribution in [3.8, 4) is 0 Å². The number of fused-ring (bicyclic) bond motifs is 3. The molecular weight excluding hydrogens is 320 g/mol. The van der Waals surface area contributed by atoms with Crippen molar-refractivity contribution in [2.24, 2.45) is 5.92 Å². The highest BCUT2D eigenvalue weighted by atomic mass is 35.5. The predicted molar refractivity (Wildman–Crippen MR) is 89.2 cm³/mol. The molecule has 4 heteroatoms. The van der Waals surface area contributed by atoms with Crippen LogP contribution in [0.1, 0.15) is 29.5 Å². The fourth-order valence-corrected chi connectivity index (χ4v) is 4.26. The van der Waals surface area contributed by atoms with Gasteiger partial charge in [-0.2, -0.15) is 0 Å². The van der Waals surface area contributed by atoms with Crippen LogP contribution in [0, 0.1) is 11.7 Å². The zero-order valence-corrected chi connectivity index (χ0v) is 13.2. The van der Waals surface area contributed by atoms with Crippen LogP contribution in [0.25, 0.3) is 0 Å². The number of hydrogen-bond donors (Lipinski definition) is 1. The normalized spacial score (nSPS) is 25.5. The van der Waals surface area contributed by atoms with Crippen LogP contribution in [-0.2, 0) is 0 Å². The van der Waals surface area contributed by atoms with Crippen LogP contribution in [0.5, 0.6) is 0 Å². The molecule has 1 aliphatic heterocycles. The Hall–Kier alpha value is -1.51. The highest BCUT2D eigenvalue weighted by molar-refractivity contribution is 6.35. The van der Waals surface area contributed by atoms with Gasteiger partial charge in [-0.3, -0.25) is 0 Å². The van der Waals surface area contributed by atoms with Crippen molar-refractivity contribution >= 4 is 28.9 Å². The van der Waals surface area contributed by atoms with Gasteiger partial charge in [0.25, 0.3) is 0 Å². The fraction of sp³-hybridized carbons (Fsp3) is 0.222. The van der Waals surface area contributed by atoms with Crippen molar-refractivity contribution in [1.29, 1.82) is 0 Å². The number of allylic oxidation sites excluding steroid dienone is 2. The van der Waals surface area contributed by atoms with Crippen LogP contribution in [0.4, 0.5) is 10.1 Å². The number of rotatable bonds is 1. The minimum absolute atomic E-state index is 0.127. The summed E-state index contributed by atoms with van der Waals surface area (Å²) in [5, 5.41) is 4.88. The van der Waals surface area contributed by atoms with E-state index < -0.39 is 0 Å². The molecule has 0 amide bonds. The summed E-state index contributed by atoms with van der Waals surface area (Å²) in [6.45, 7) is 0. The van der Waals surface area contributed by atoms with E-state index in [9.17, 15) is 4.39 Å². The summed E-state index contributed by atoms with van der Waals surface area (Å²) < 4.78 is 13.2. The number of nitrogens with one attached hydrogen (secondary N) is 1. The van der Waals surface area contributed by atoms with Crippen LogP contribution >= 0.6 is 23.2 Å². The van der Waals surface area contributed by atoms with Gasteiger partial charge in [0.1, 0.15) is 5.82 Å². The van der Waals surface area contributed by atoms with Gasteiger partial charge in [-0.25, -0.2) is 4.39 Å². The topological polar surface area (TPSA) is 12.0 Å². The molecule has 0 saturated heterocycles. The third-order valence-corrected chi connectivity index (χ3v) is 5.14. The molecular formula is C18H14Cl2FN. The summed E-state index contributed by atoms with van der Waals surface area (Å²) in [6, 6.07) is 10.6. The number of halogens is 3. The average Bonchev–Trinajstić information content (AvgIpc) is 2.95. The number of anilines is 1. The summed E-state index contributed by atoms with van der Waals surface area (Å²) >= 11 is 12.6. The summed E-state index contributed by atoms with van der Waals surface area (Å²) in [7, 11) is 0. The van der Waals surface area contributed by atoms with E-state index >= 15 is 0 Å². The van der Waals surface area contributed by atoms with E-state index in [1.54, 1.807) is 6.07 Å². The number of benzene rings is 2. The Morgan fingerprint density at radius 3 is 2.64 bits per heavy atom. The van der Waals surface area contributed by atoms with E-state index in [1.807, 2.05) is 18.2 Å². The van der Waals surface area contributed by atoms with E-state index in [-0.39, 0.29) is 17.8 Å². The predicted octanol–water partition coefficient (Wildman–Crippen LogP) is 5.96. The Balaban J connectivity index is 1.82. The monoisotopic (exact) mass is 333 g/mol. The fourth-order valence-electron chi connectivity index (χ4n) is 3.64. The maximum Gasteiger partial charge on any atom is 0.123 e. The molecule has 2 aliphatic rings. The van der Waals surface area contributed by atoms with Gasteiger partial charge < -0.3 is 5.32 Å². The average molecular weight is 334 g/mol. The van der Waals surface area contributed by atoms with Crippen molar-refractivity contribution in [2.45, 2.75) is 18.4 Å². The molecule has 0 fully saturated rings. The molecule has 0 radical (unpaired) electrons. The molecule has 22 heavy (non-hydrogen) atoms. The van der Waals surface area contributed by atoms with Crippen LogP contribution in [0.15, 0.2) is 48.6 Å². The molecule has 2 aromatic rings. The van der Waals surface area contributed by atoms with E-state index in [0.29, 0.717) is 16.0 Å². The molecule has 1 aliphatic carbocycles. The lowest BCUT2D eigenvalue weighted by Crippen LogP contribution is -2.29. The maximum absolute atomic E-state index is 13.2. The first kappa shape index (κ1) is 14.1. The SMILES string of the molecule is Fc1ccc([C@@H]2Nc3cc(Cl)cc(Cl)c3[C@@H]3C=CC[C@H]32)cc1. The van der Waals surface area contributed by atoms with Crippen molar-refractivity contribution in [2.75, 3.05) is 5.32 Å². The van der Waals surface area contributed by atoms with Gasteiger partial charge in [0, 0.05) is 27.2 Å². The molecule has 112 valence electrons. The molecule has 1 nitrogen and oxygen atoms in total. The Kier molecular flexibility index (Phi) is 3.39. The van der Waals surface area contributed by atoms with Crippen molar-refractivity contribution in [3.05, 3.63) is 75.5 Å². The van der Waals surface area contributed by atoms with Gasteiger partial charge in [0.2, 0.25) is 0 Å². The van der Waals surface area contributed by atoms with Crippen molar-refractivity contribution in [1.82, 2.24) is 0 Å². The molecule has 0 saturated carbocycles. The molecule has 2 aromatic carbocycles. The molecule has 1 heterocycles. The summed E-state index contributed by atoms with van der Waals surface area (Å²) in [6.07, 6.45) is 5.41. The largest absolute Gasteiger partial charge is 0.378 e. The highest BCUT2D eigenvalue weighted by Crippen LogP contribution is 2.52. The molecule has 0 aromatic heterocycles. The van der Waals surface area contributed by atoms with E-state index in [1.165, 1.54) is 12.1 Å².